The Bertz CT molecular complexity index is 427. The summed E-state index contributed by atoms with van der Waals surface area (Å²) in [6.07, 6.45) is -3.19. The SMILES string of the molecule is CCOC(=O)Cc1c(N)cc(Cl)nc1C(F)F. The van der Waals surface area contributed by atoms with Crippen LogP contribution in [0.5, 0.6) is 0 Å². The van der Waals surface area contributed by atoms with Crippen LogP contribution >= 0.6 is 11.6 Å². The summed E-state index contributed by atoms with van der Waals surface area (Å²) in [5, 5.41) is -0.134. The third kappa shape index (κ3) is 3.52. The lowest BCUT2D eigenvalue weighted by atomic mass is 10.1. The van der Waals surface area contributed by atoms with Gasteiger partial charge in [-0.05, 0) is 13.0 Å². The molecule has 0 saturated carbocycles. The average molecular weight is 265 g/mol. The van der Waals surface area contributed by atoms with E-state index in [1.165, 1.54) is 6.07 Å². The second-order valence-corrected chi connectivity index (χ2v) is 3.57. The predicted molar refractivity (Wildman–Crippen MR) is 59.0 cm³/mol. The molecule has 1 aromatic heterocycles. The zero-order valence-corrected chi connectivity index (χ0v) is 9.80. The second-order valence-electron chi connectivity index (χ2n) is 3.18. The van der Waals surface area contributed by atoms with Crippen LogP contribution in [-0.2, 0) is 16.0 Å². The third-order valence-electron chi connectivity index (χ3n) is 1.99. The molecule has 0 aliphatic heterocycles. The second kappa shape index (κ2) is 5.77. The van der Waals surface area contributed by atoms with Crippen LogP contribution in [0.2, 0.25) is 5.15 Å². The van der Waals surface area contributed by atoms with E-state index in [4.69, 9.17) is 17.3 Å². The van der Waals surface area contributed by atoms with Crippen LogP contribution < -0.4 is 5.73 Å². The van der Waals surface area contributed by atoms with Crippen LogP contribution in [0.4, 0.5) is 14.5 Å². The van der Waals surface area contributed by atoms with Crippen molar-refractivity contribution in [2.24, 2.45) is 0 Å². The molecule has 0 unspecified atom stereocenters. The minimum atomic E-state index is -2.85. The lowest BCUT2D eigenvalue weighted by molar-refractivity contribution is -0.142. The first-order valence-corrected chi connectivity index (χ1v) is 5.22. The molecule has 7 heteroatoms. The van der Waals surface area contributed by atoms with E-state index < -0.39 is 18.1 Å². The number of pyridine rings is 1. The molecule has 1 aromatic rings. The maximum absolute atomic E-state index is 12.7. The molecule has 0 fully saturated rings. The van der Waals surface area contributed by atoms with Gasteiger partial charge in [0.25, 0.3) is 6.43 Å². The molecule has 2 N–H and O–H groups in total. The van der Waals surface area contributed by atoms with E-state index >= 15 is 0 Å². The zero-order valence-electron chi connectivity index (χ0n) is 9.04. The Labute approximate surface area is 102 Å². The first-order chi connectivity index (χ1) is 7.95. The fourth-order valence-electron chi connectivity index (χ4n) is 1.31. The molecule has 0 saturated heterocycles. The Morgan fingerprint density at radius 3 is 2.82 bits per heavy atom. The number of halogens is 3. The van der Waals surface area contributed by atoms with Crippen LogP contribution in [0.15, 0.2) is 6.07 Å². The Balaban J connectivity index is 3.08. The van der Waals surface area contributed by atoms with E-state index in [2.05, 4.69) is 9.72 Å². The van der Waals surface area contributed by atoms with Crippen LogP contribution in [0.1, 0.15) is 24.6 Å². The van der Waals surface area contributed by atoms with Gasteiger partial charge in [-0.2, -0.15) is 0 Å². The molecule has 0 aliphatic carbocycles. The van der Waals surface area contributed by atoms with E-state index in [0.717, 1.165) is 0 Å². The highest BCUT2D eigenvalue weighted by Gasteiger charge is 2.21. The molecule has 0 radical (unpaired) electrons. The number of anilines is 1. The molecule has 0 amide bonds. The molecule has 0 aromatic carbocycles. The fourth-order valence-corrected chi connectivity index (χ4v) is 1.52. The van der Waals surface area contributed by atoms with Gasteiger partial charge in [-0.3, -0.25) is 4.79 Å². The van der Waals surface area contributed by atoms with Gasteiger partial charge in [0.15, 0.2) is 0 Å². The number of carbonyl (C=O) groups excluding carboxylic acids is 1. The van der Waals surface area contributed by atoms with E-state index in [0.29, 0.717) is 0 Å². The maximum atomic E-state index is 12.7. The number of nitrogens with two attached hydrogens (primary N) is 1. The van der Waals surface area contributed by atoms with Crippen molar-refractivity contribution in [1.82, 2.24) is 4.98 Å². The van der Waals surface area contributed by atoms with Gasteiger partial charge in [-0.15, -0.1) is 0 Å². The van der Waals surface area contributed by atoms with Gasteiger partial charge < -0.3 is 10.5 Å². The number of alkyl halides is 2. The Morgan fingerprint density at radius 2 is 2.29 bits per heavy atom. The summed E-state index contributed by atoms with van der Waals surface area (Å²) in [5.41, 5.74) is 4.93. The minimum absolute atomic E-state index is 0.00773. The molecule has 94 valence electrons. The molecular weight excluding hydrogens is 254 g/mol. The third-order valence-corrected chi connectivity index (χ3v) is 2.19. The first-order valence-electron chi connectivity index (χ1n) is 4.84. The molecule has 0 aliphatic rings. The Kier molecular flexibility index (Phi) is 4.62. The standard InChI is InChI=1S/C10H11ClF2N2O2/c1-2-17-8(16)3-5-6(14)4-7(11)15-9(5)10(12)13/h4,10H,2-3H2,1H3,(H2,14,15). The van der Waals surface area contributed by atoms with Crippen molar-refractivity contribution < 1.29 is 18.3 Å². The van der Waals surface area contributed by atoms with Gasteiger partial charge in [0.2, 0.25) is 0 Å². The normalized spacial score (nSPS) is 10.6. The Hall–Kier alpha value is -1.43. The summed E-state index contributed by atoms with van der Waals surface area (Å²) in [6, 6.07) is 1.22. The van der Waals surface area contributed by atoms with Crippen molar-refractivity contribution in [2.45, 2.75) is 19.8 Å². The molecular formula is C10H11ClF2N2O2. The van der Waals surface area contributed by atoms with Crippen LogP contribution in [0.3, 0.4) is 0 Å². The molecule has 0 spiro atoms. The highest BCUT2D eigenvalue weighted by molar-refractivity contribution is 6.29. The summed E-state index contributed by atoms with van der Waals surface area (Å²) in [7, 11) is 0. The van der Waals surface area contributed by atoms with Crippen molar-refractivity contribution in [2.75, 3.05) is 12.3 Å². The van der Waals surface area contributed by atoms with Crippen molar-refractivity contribution in [3.8, 4) is 0 Å². The van der Waals surface area contributed by atoms with Crippen molar-refractivity contribution in [3.63, 3.8) is 0 Å². The van der Waals surface area contributed by atoms with Crippen molar-refractivity contribution in [1.29, 1.82) is 0 Å². The van der Waals surface area contributed by atoms with Gasteiger partial charge in [-0.25, -0.2) is 13.8 Å². The molecule has 17 heavy (non-hydrogen) atoms. The number of nitrogens with zero attached hydrogens (tertiary/aromatic N) is 1. The molecule has 0 bridgehead atoms. The topological polar surface area (TPSA) is 65.2 Å². The highest BCUT2D eigenvalue weighted by Crippen LogP contribution is 2.28. The summed E-state index contributed by atoms with van der Waals surface area (Å²) in [4.78, 5) is 14.7. The smallest absolute Gasteiger partial charge is 0.310 e. The number of esters is 1. The molecule has 1 rings (SSSR count). The molecule has 0 atom stereocenters. The Morgan fingerprint density at radius 1 is 1.65 bits per heavy atom. The largest absolute Gasteiger partial charge is 0.466 e. The zero-order chi connectivity index (χ0) is 13.0. The summed E-state index contributed by atoms with van der Waals surface area (Å²) < 4.78 is 30.1. The first kappa shape index (κ1) is 13.6. The average Bonchev–Trinajstić information content (AvgIpc) is 2.21. The maximum Gasteiger partial charge on any atom is 0.310 e. The monoisotopic (exact) mass is 264 g/mol. The van der Waals surface area contributed by atoms with E-state index in [-0.39, 0.29) is 29.4 Å². The predicted octanol–water partition coefficient (Wildman–Crippen LogP) is 2.36. The van der Waals surface area contributed by atoms with E-state index in [1.54, 1.807) is 6.92 Å². The summed E-state index contributed by atoms with van der Waals surface area (Å²) in [5.74, 6) is -0.634. The summed E-state index contributed by atoms with van der Waals surface area (Å²) >= 11 is 5.52. The van der Waals surface area contributed by atoms with E-state index in [9.17, 15) is 13.6 Å². The molecule has 1 heterocycles. The lowest BCUT2D eigenvalue weighted by Gasteiger charge is -2.11. The number of hydrogen-bond donors (Lipinski definition) is 1. The van der Waals surface area contributed by atoms with Gasteiger partial charge in [0.1, 0.15) is 10.8 Å². The van der Waals surface area contributed by atoms with Crippen molar-refractivity contribution in [3.05, 3.63) is 22.5 Å². The lowest BCUT2D eigenvalue weighted by Crippen LogP contribution is -2.13. The summed E-state index contributed by atoms with van der Waals surface area (Å²) in [6.45, 7) is 1.79. The number of hydrogen-bond acceptors (Lipinski definition) is 4. The number of carbonyl (C=O) groups is 1. The highest BCUT2D eigenvalue weighted by atomic mass is 35.5. The van der Waals surface area contributed by atoms with Gasteiger partial charge in [-0.1, -0.05) is 11.6 Å². The van der Waals surface area contributed by atoms with Gasteiger partial charge in [0.05, 0.1) is 13.0 Å². The van der Waals surface area contributed by atoms with E-state index in [1.807, 2.05) is 0 Å². The fraction of sp³-hybridized carbons (Fsp3) is 0.400. The van der Waals surface area contributed by atoms with Crippen molar-refractivity contribution >= 4 is 23.3 Å². The minimum Gasteiger partial charge on any atom is -0.466 e. The quantitative estimate of drug-likeness (QED) is 0.670. The number of aromatic nitrogens is 1. The van der Waals surface area contributed by atoms with Gasteiger partial charge >= 0.3 is 5.97 Å². The van der Waals surface area contributed by atoms with Crippen LogP contribution in [-0.4, -0.2) is 17.6 Å². The van der Waals surface area contributed by atoms with Crippen LogP contribution in [0.25, 0.3) is 0 Å². The molecule has 4 nitrogen and oxygen atoms in total. The number of ether oxygens (including phenoxy) is 1. The van der Waals surface area contributed by atoms with Crippen LogP contribution in [0, 0.1) is 0 Å². The number of rotatable bonds is 4. The van der Waals surface area contributed by atoms with Gasteiger partial charge in [0, 0.05) is 11.3 Å². The number of nitrogen functional groups attached to an aromatic ring is 1.